The molecule has 1 aromatic carbocycles. The van der Waals surface area contributed by atoms with Crippen molar-refractivity contribution in [3.05, 3.63) is 41.5 Å². The zero-order valence-corrected chi connectivity index (χ0v) is 7.97. The number of halogens is 3. The third kappa shape index (κ3) is 2.84. The Morgan fingerprint density at radius 1 is 1.27 bits per heavy atom. The van der Waals surface area contributed by atoms with Gasteiger partial charge in [-0.15, -0.1) is 0 Å². The van der Waals surface area contributed by atoms with Gasteiger partial charge in [-0.3, -0.25) is 0 Å². The van der Waals surface area contributed by atoms with Crippen molar-refractivity contribution >= 4 is 5.57 Å². The molecular weight excluding hydrogens is 203 g/mol. The molecule has 78 valence electrons. The minimum absolute atomic E-state index is 0.615. The van der Waals surface area contributed by atoms with E-state index in [1.54, 1.807) is 6.92 Å². The van der Waals surface area contributed by atoms with Crippen LogP contribution in [0.3, 0.4) is 0 Å². The van der Waals surface area contributed by atoms with Gasteiger partial charge in [0.25, 0.3) is 0 Å². The van der Waals surface area contributed by atoms with Crippen LogP contribution in [0, 0.1) is 11.3 Å². The Labute approximate surface area is 85.5 Å². The summed E-state index contributed by atoms with van der Waals surface area (Å²) in [6.07, 6.45) is -3.02. The minimum atomic E-state index is -4.31. The molecule has 0 spiro atoms. The van der Waals surface area contributed by atoms with Gasteiger partial charge in [0.05, 0.1) is 11.6 Å². The number of allylic oxidation sites excluding steroid dienone is 2. The maximum atomic E-state index is 12.2. The lowest BCUT2D eigenvalue weighted by Gasteiger charge is -2.07. The number of rotatable bonds is 1. The Balaban J connectivity index is 3.02. The first-order valence-corrected chi connectivity index (χ1v) is 4.19. The van der Waals surface area contributed by atoms with Gasteiger partial charge in [0.15, 0.2) is 0 Å². The van der Waals surface area contributed by atoms with Crippen LogP contribution in [0.5, 0.6) is 0 Å². The fourth-order valence-corrected chi connectivity index (χ4v) is 1.10. The molecule has 15 heavy (non-hydrogen) atoms. The van der Waals surface area contributed by atoms with Crippen molar-refractivity contribution in [3.63, 3.8) is 0 Å². The predicted molar refractivity (Wildman–Crippen MR) is 50.7 cm³/mol. The molecule has 4 heteroatoms. The lowest BCUT2D eigenvalue weighted by molar-refractivity contribution is -0.137. The van der Waals surface area contributed by atoms with Gasteiger partial charge < -0.3 is 0 Å². The Hall–Kier alpha value is -1.76. The zero-order chi connectivity index (χ0) is 11.5. The third-order valence-corrected chi connectivity index (χ3v) is 1.95. The Morgan fingerprint density at radius 3 is 2.20 bits per heavy atom. The fourth-order valence-electron chi connectivity index (χ4n) is 1.10. The number of hydrogen-bond acceptors (Lipinski definition) is 1. The maximum absolute atomic E-state index is 12.2. The van der Waals surface area contributed by atoms with Crippen molar-refractivity contribution in [2.75, 3.05) is 0 Å². The second-order valence-corrected chi connectivity index (χ2v) is 3.03. The Bertz CT molecular complexity index is 407. The summed E-state index contributed by atoms with van der Waals surface area (Å²) in [7, 11) is 0. The standard InChI is InChI=1S/C11H8F3N/c1-8(6-7-15)9-2-4-10(5-3-9)11(12,13)14/h2-6H,1H3/b8-6-. The Kier molecular flexibility index (Phi) is 3.15. The van der Waals surface area contributed by atoms with Crippen molar-refractivity contribution in [3.8, 4) is 6.07 Å². The summed E-state index contributed by atoms with van der Waals surface area (Å²) in [5, 5.41) is 8.38. The molecule has 0 unspecified atom stereocenters. The summed E-state index contributed by atoms with van der Waals surface area (Å²) in [5.74, 6) is 0. The van der Waals surface area contributed by atoms with Crippen LogP contribution in [0.1, 0.15) is 18.1 Å². The van der Waals surface area contributed by atoms with Crippen LogP contribution in [0.4, 0.5) is 13.2 Å². The summed E-state index contributed by atoms with van der Waals surface area (Å²) in [6.45, 7) is 1.67. The van der Waals surface area contributed by atoms with Gasteiger partial charge in [-0.1, -0.05) is 12.1 Å². The second-order valence-electron chi connectivity index (χ2n) is 3.03. The summed E-state index contributed by atoms with van der Waals surface area (Å²) in [4.78, 5) is 0. The van der Waals surface area contributed by atoms with Crippen molar-refractivity contribution in [2.45, 2.75) is 13.1 Å². The van der Waals surface area contributed by atoms with E-state index in [0.29, 0.717) is 11.1 Å². The highest BCUT2D eigenvalue weighted by molar-refractivity contribution is 5.65. The molecule has 0 saturated carbocycles. The molecule has 0 N–H and O–H groups in total. The number of hydrogen-bond donors (Lipinski definition) is 0. The van der Waals surface area contributed by atoms with Crippen LogP contribution >= 0.6 is 0 Å². The molecule has 0 aliphatic heterocycles. The molecule has 0 atom stereocenters. The van der Waals surface area contributed by atoms with E-state index in [1.165, 1.54) is 18.2 Å². The van der Waals surface area contributed by atoms with Crippen molar-refractivity contribution < 1.29 is 13.2 Å². The van der Waals surface area contributed by atoms with E-state index in [2.05, 4.69) is 0 Å². The molecule has 0 aliphatic rings. The molecule has 0 bridgehead atoms. The monoisotopic (exact) mass is 211 g/mol. The maximum Gasteiger partial charge on any atom is 0.416 e. The predicted octanol–water partition coefficient (Wildman–Crippen LogP) is 3.63. The molecule has 1 nitrogen and oxygen atoms in total. The van der Waals surface area contributed by atoms with E-state index in [0.717, 1.165) is 12.1 Å². The van der Waals surface area contributed by atoms with Crippen molar-refractivity contribution in [1.29, 1.82) is 5.26 Å². The van der Waals surface area contributed by atoms with Crippen LogP contribution < -0.4 is 0 Å². The van der Waals surface area contributed by atoms with Gasteiger partial charge >= 0.3 is 6.18 Å². The molecule has 0 saturated heterocycles. The SMILES string of the molecule is C/C(=C/C#N)c1ccc(C(F)(F)F)cc1. The number of alkyl halides is 3. The first-order valence-electron chi connectivity index (χ1n) is 4.19. The van der Waals surface area contributed by atoms with E-state index in [4.69, 9.17) is 5.26 Å². The molecule has 0 heterocycles. The quantitative estimate of drug-likeness (QED) is 0.650. The average molecular weight is 211 g/mol. The van der Waals surface area contributed by atoms with Crippen LogP contribution in [0.25, 0.3) is 5.57 Å². The average Bonchev–Trinajstić information content (AvgIpc) is 2.17. The molecule has 1 rings (SSSR count). The summed E-state index contributed by atoms with van der Waals surface area (Å²) < 4.78 is 36.6. The highest BCUT2D eigenvalue weighted by Crippen LogP contribution is 2.29. The highest BCUT2D eigenvalue weighted by atomic mass is 19.4. The van der Waals surface area contributed by atoms with Crippen LogP contribution in [0.15, 0.2) is 30.3 Å². The van der Waals surface area contributed by atoms with Crippen molar-refractivity contribution in [2.24, 2.45) is 0 Å². The molecule has 0 radical (unpaired) electrons. The van der Waals surface area contributed by atoms with E-state index >= 15 is 0 Å². The first kappa shape index (κ1) is 11.3. The van der Waals surface area contributed by atoms with Gasteiger partial charge in [-0.25, -0.2) is 0 Å². The minimum Gasteiger partial charge on any atom is -0.193 e. The summed E-state index contributed by atoms with van der Waals surface area (Å²) in [6, 6.07) is 6.54. The van der Waals surface area contributed by atoms with E-state index < -0.39 is 11.7 Å². The topological polar surface area (TPSA) is 23.8 Å². The zero-order valence-electron chi connectivity index (χ0n) is 7.97. The third-order valence-electron chi connectivity index (χ3n) is 1.95. The number of benzene rings is 1. The van der Waals surface area contributed by atoms with Crippen LogP contribution in [-0.2, 0) is 6.18 Å². The number of nitriles is 1. The highest BCUT2D eigenvalue weighted by Gasteiger charge is 2.29. The molecule has 0 amide bonds. The summed E-state index contributed by atoms with van der Waals surface area (Å²) in [5.41, 5.74) is 0.576. The van der Waals surface area contributed by atoms with Gasteiger partial charge in [-0.05, 0) is 30.2 Å². The normalized spacial score (nSPS) is 12.3. The fraction of sp³-hybridized carbons (Fsp3) is 0.182. The van der Waals surface area contributed by atoms with Crippen LogP contribution in [0.2, 0.25) is 0 Å². The molecule has 1 aromatic rings. The smallest absolute Gasteiger partial charge is 0.193 e. The van der Waals surface area contributed by atoms with Gasteiger partial charge in [-0.2, -0.15) is 18.4 Å². The Morgan fingerprint density at radius 2 is 1.80 bits per heavy atom. The molecule has 0 aliphatic carbocycles. The largest absolute Gasteiger partial charge is 0.416 e. The van der Waals surface area contributed by atoms with E-state index in [9.17, 15) is 13.2 Å². The van der Waals surface area contributed by atoms with E-state index in [-0.39, 0.29) is 0 Å². The first-order chi connectivity index (χ1) is 6.95. The molecular formula is C11H8F3N. The van der Waals surface area contributed by atoms with Gasteiger partial charge in [0, 0.05) is 6.08 Å². The lowest BCUT2D eigenvalue weighted by Crippen LogP contribution is -2.04. The lowest BCUT2D eigenvalue weighted by atomic mass is 10.1. The second kappa shape index (κ2) is 4.18. The van der Waals surface area contributed by atoms with E-state index in [1.807, 2.05) is 6.07 Å². The molecule has 0 fully saturated rings. The summed E-state index contributed by atoms with van der Waals surface area (Å²) >= 11 is 0. The number of nitrogens with zero attached hydrogens (tertiary/aromatic N) is 1. The van der Waals surface area contributed by atoms with Gasteiger partial charge in [0.1, 0.15) is 0 Å². The van der Waals surface area contributed by atoms with Crippen molar-refractivity contribution in [1.82, 2.24) is 0 Å². The van der Waals surface area contributed by atoms with Crippen LogP contribution in [-0.4, -0.2) is 0 Å². The van der Waals surface area contributed by atoms with Gasteiger partial charge in [0.2, 0.25) is 0 Å². The molecule has 0 aromatic heterocycles.